The third-order valence-electron chi connectivity index (χ3n) is 5.02. The molecule has 3 rings (SSSR count). The summed E-state index contributed by atoms with van der Waals surface area (Å²) in [6.07, 6.45) is -0.263. The van der Waals surface area contributed by atoms with E-state index in [1.807, 2.05) is 54.8 Å². The molecule has 1 atom stereocenters. The number of rotatable bonds is 10. The van der Waals surface area contributed by atoms with Gasteiger partial charge in [0.05, 0.1) is 5.75 Å². The van der Waals surface area contributed by atoms with Gasteiger partial charge in [0.25, 0.3) is 0 Å². The van der Waals surface area contributed by atoms with Gasteiger partial charge in [-0.1, -0.05) is 61.5 Å². The molecular formula is C24H29ClN4O2S. The molecule has 0 radical (unpaired) electrons. The molecule has 3 aromatic rings. The number of hydrogen-bond acceptors (Lipinski definition) is 5. The van der Waals surface area contributed by atoms with E-state index in [1.165, 1.54) is 17.3 Å². The second-order valence-electron chi connectivity index (χ2n) is 7.76. The van der Waals surface area contributed by atoms with Gasteiger partial charge in [0.2, 0.25) is 5.91 Å². The molecule has 8 heteroatoms. The molecule has 6 nitrogen and oxygen atoms in total. The van der Waals surface area contributed by atoms with Crippen molar-refractivity contribution in [2.75, 3.05) is 5.75 Å². The Morgan fingerprint density at radius 3 is 2.41 bits per heavy atom. The predicted octanol–water partition coefficient (Wildman–Crippen LogP) is 5.62. The maximum absolute atomic E-state index is 12.3. The Labute approximate surface area is 198 Å². The predicted molar refractivity (Wildman–Crippen MR) is 129 cm³/mol. The molecule has 1 heterocycles. The molecule has 0 saturated heterocycles. The number of nitrogens with zero attached hydrogens (tertiary/aromatic N) is 3. The van der Waals surface area contributed by atoms with Crippen LogP contribution in [0, 0.1) is 0 Å². The third kappa shape index (κ3) is 6.50. The fraction of sp³-hybridized carbons (Fsp3) is 0.375. The standard InChI is InChI=1S/C24H29ClN4O2S/c1-5-29-23(17(4)31-21-12-8-19(9-13-21)16(2)3)27-28-24(29)32-15-22(30)26-14-18-6-10-20(25)11-7-18/h6-13,16-17H,5,14-15H2,1-4H3,(H,26,30). The van der Waals surface area contributed by atoms with Gasteiger partial charge in [-0.15, -0.1) is 10.2 Å². The maximum atomic E-state index is 12.3. The van der Waals surface area contributed by atoms with Crippen molar-refractivity contribution in [3.05, 3.63) is 70.5 Å². The summed E-state index contributed by atoms with van der Waals surface area (Å²) in [4.78, 5) is 12.3. The van der Waals surface area contributed by atoms with Gasteiger partial charge < -0.3 is 14.6 Å². The molecule has 170 valence electrons. The fourth-order valence-electron chi connectivity index (χ4n) is 3.18. The topological polar surface area (TPSA) is 69.0 Å². The number of amides is 1. The number of benzene rings is 2. The molecular weight excluding hydrogens is 444 g/mol. The molecule has 0 aliphatic rings. The van der Waals surface area contributed by atoms with E-state index in [4.69, 9.17) is 16.3 Å². The normalized spacial score (nSPS) is 12.1. The lowest BCUT2D eigenvalue weighted by molar-refractivity contribution is -0.118. The van der Waals surface area contributed by atoms with Crippen LogP contribution in [-0.4, -0.2) is 26.4 Å². The summed E-state index contributed by atoms with van der Waals surface area (Å²) in [5.74, 6) is 2.21. The van der Waals surface area contributed by atoms with E-state index in [-0.39, 0.29) is 17.8 Å². The first-order chi connectivity index (χ1) is 15.4. The first kappa shape index (κ1) is 24.1. The number of ether oxygens (including phenoxy) is 1. The van der Waals surface area contributed by atoms with E-state index < -0.39 is 0 Å². The van der Waals surface area contributed by atoms with E-state index in [1.54, 1.807) is 0 Å². The summed E-state index contributed by atoms with van der Waals surface area (Å²) in [7, 11) is 0. The van der Waals surface area contributed by atoms with Gasteiger partial charge in [0, 0.05) is 18.1 Å². The average molecular weight is 473 g/mol. The smallest absolute Gasteiger partial charge is 0.230 e. The lowest BCUT2D eigenvalue weighted by Crippen LogP contribution is -2.24. The van der Waals surface area contributed by atoms with Crippen LogP contribution in [0.2, 0.25) is 5.02 Å². The van der Waals surface area contributed by atoms with Crippen LogP contribution in [-0.2, 0) is 17.9 Å². The Balaban J connectivity index is 1.56. The summed E-state index contributed by atoms with van der Waals surface area (Å²) >= 11 is 7.26. The van der Waals surface area contributed by atoms with E-state index >= 15 is 0 Å². The molecule has 0 bridgehead atoms. The van der Waals surface area contributed by atoms with E-state index in [0.29, 0.717) is 29.2 Å². The Bertz CT molecular complexity index is 1020. The number of carbonyl (C=O) groups is 1. The Kier molecular flexibility index (Phi) is 8.59. The van der Waals surface area contributed by atoms with Crippen LogP contribution >= 0.6 is 23.4 Å². The first-order valence-electron chi connectivity index (χ1n) is 10.7. The van der Waals surface area contributed by atoms with Crippen molar-refractivity contribution in [1.82, 2.24) is 20.1 Å². The second kappa shape index (κ2) is 11.4. The summed E-state index contributed by atoms with van der Waals surface area (Å²) in [5, 5.41) is 12.9. The molecule has 0 spiro atoms. The minimum absolute atomic E-state index is 0.0632. The Hall–Kier alpha value is -2.51. The number of halogens is 1. The van der Waals surface area contributed by atoms with Crippen molar-refractivity contribution in [3.63, 3.8) is 0 Å². The Morgan fingerprint density at radius 1 is 1.09 bits per heavy atom. The highest BCUT2D eigenvalue weighted by Gasteiger charge is 2.19. The first-order valence-corrected chi connectivity index (χ1v) is 12.1. The quantitative estimate of drug-likeness (QED) is 0.387. The summed E-state index contributed by atoms with van der Waals surface area (Å²) in [5.41, 5.74) is 2.27. The van der Waals surface area contributed by atoms with Crippen molar-refractivity contribution >= 4 is 29.3 Å². The van der Waals surface area contributed by atoms with Gasteiger partial charge in [-0.05, 0) is 55.2 Å². The van der Waals surface area contributed by atoms with Crippen molar-refractivity contribution in [2.45, 2.75) is 58.0 Å². The highest BCUT2D eigenvalue weighted by Crippen LogP contribution is 2.26. The van der Waals surface area contributed by atoms with Crippen LogP contribution in [0.5, 0.6) is 5.75 Å². The van der Waals surface area contributed by atoms with Gasteiger partial charge in [-0.2, -0.15) is 0 Å². The lowest BCUT2D eigenvalue weighted by Gasteiger charge is -2.16. The second-order valence-corrected chi connectivity index (χ2v) is 9.14. The van der Waals surface area contributed by atoms with Crippen LogP contribution in [0.15, 0.2) is 53.7 Å². The largest absolute Gasteiger partial charge is 0.483 e. The lowest BCUT2D eigenvalue weighted by atomic mass is 10.0. The van der Waals surface area contributed by atoms with Crippen LogP contribution < -0.4 is 10.1 Å². The summed E-state index contributed by atoms with van der Waals surface area (Å²) in [6, 6.07) is 15.6. The van der Waals surface area contributed by atoms with Crippen LogP contribution in [0.3, 0.4) is 0 Å². The molecule has 32 heavy (non-hydrogen) atoms. The molecule has 0 fully saturated rings. The van der Waals surface area contributed by atoms with Gasteiger partial charge in [0.1, 0.15) is 5.75 Å². The summed E-state index contributed by atoms with van der Waals surface area (Å²) in [6.45, 7) is 9.47. The number of aromatic nitrogens is 3. The van der Waals surface area contributed by atoms with E-state index in [9.17, 15) is 4.79 Å². The van der Waals surface area contributed by atoms with Crippen molar-refractivity contribution < 1.29 is 9.53 Å². The van der Waals surface area contributed by atoms with Crippen LogP contribution in [0.25, 0.3) is 0 Å². The average Bonchev–Trinajstić information content (AvgIpc) is 3.20. The van der Waals surface area contributed by atoms with Gasteiger partial charge in [-0.3, -0.25) is 4.79 Å². The SMILES string of the molecule is CCn1c(SCC(=O)NCc2ccc(Cl)cc2)nnc1C(C)Oc1ccc(C(C)C)cc1. The van der Waals surface area contributed by atoms with Crippen molar-refractivity contribution in [3.8, 4) is 5.75 Å². The number of hydrogen-bond donors (Lipinski definition) is 1. The molecule has 1 unspecified atom stereocenters. The summed E-state index contributed by atoms with van der Waals surface area (Å²) < 4.78 is 8.08. The zero-order valence-electron chi connectivity index (χ0n) is 18.8. The molecule has 2 aromatic carbocycles. The highest BCUT2D eigenvalue weighted by atomic mass is 35.5. The zero-order chi connectivity index (χ0) is 23.1. The van der Waals surface area contributed by atoms with Gasteiger partial charge in [0.15, 0.2) is 17.1 Å². The van der Waals surface area contributed by atoms with Gasteiger partial charge >= 0.3 is 0 Å². The van der Waals surface area contributed by atoms with Crippen molar-refractivity contribution in [2.24, 2.45) is 0 Å². The zero-order valence-corrected chi connectivity index (χ0v) is 20.4. The third-order valence-corrected chi connectivity index (χ3v) is 6.24. The van der Waals surface area contributed by atoms with Crippen LogP contribution in [0.4, 0.5) is 0 Å². The highest BCUT2D eigenvalue weighted by molar-refractivity contribution is 7.99. The van der Waals surface area contributed by atoms with Crippen molar-refractivity contribution in [1.29, 1.82) is 0 Å². The molecule has 0 aliphatic heterocycles. The van der Waals surface area contributed by atoms with E-state index in [0.717, 1.165) is 17.1 Å². The van der Waals surface area contributed by atoms with Gasteiger partial charge in [-0.25, -0.2) is 0 Å². The monoisotopic (exact) mass is 472 g/mol. The number of thioether (sulfide) groups is 1. The fourth-order valence-corrected chi connectivity index (χ4v) is 4.14. The molecule has 1 aromatic heterocycles. The van der Waals surface area contributed by atoms with E-state index in [2.05, 4.69) is 41.5 Å². The molecule has 1 amide bonds. The van der Waals surface area contributed by atoms with Crippen LogP contribution in [0.1, 0.15) is 56.7 Å². The molecule has 0 saturated carbocycles. The Morgan fingerprint density at radius 2 is 1.78 bits per heavy atom. The molecule has 0 aliphatic carbocycles. The number of nitrogens with one attached hydrogen (secondary N) is 1. The number of carbonyl (C=O) groups excluding carboxylic acids is 1. The molecule has 1 N–H and O–H groups in total. The minimum Gasteiger partial charge on any atom is -0.483 e. The maximum Gasteiger partial charge on any atom is 0.230 e. The minimum atomic E-state index is -0.263.